The van der Waals surface area contributed by atoms with Crippen molar-refractivity contribution in [1.82, 2.24) is 5.32 Å². The van der Waals surface area contributed by atoms with E-state index >= 15 is 0 Å². The molecule has 5 N–H and O–H groups in total. The molecule has 2 atom stereocenters. The number of hydrogen-bond acceptors (Lipinski definition) is 4. The van der Waals surface area contributed by atoms with Crippen molar-refractivity contribution in [3.05, 3.63) is 59.2 Å². The first kappa shape index (κ1) is 25.0. The molecule has 1 aliphatic rings. The first-order valence-electron chi connectivity index (χ1n) is 9.70. The van der Waals surface area contributed by atoms with Crippen molar-refractivity contribution in [1.29, 1.82) is 0 Å². The molecule has 0 fully saturated rings. The highest BCUT2D eigenvalue weighted by molar-refractivity contribution is 8.93. The number of aromatic hydroxyl groups is 2. The van der Waals surface area contributed by atoms with Crippen LogP contribution in [-0.2, 0) is 12.8 Å². The van der Waals surface area contributed by atoms with E-state index < -0.39 is 0 Å². The van der Waals surface area contributed by atoms with Crippen LogP contribution >= 0.6 is 34.0 Å². The van der Waals surface area contributed by atoms with Gasteiger partial charge < -0.3 is 21.3 Å². The second-order valence-corrected chi connectivity index (χ2v) is 7.31. The summed E-state index contributed by atoms with van der Waals surface area (Å²) in [6.45, 7) is 2.06. The van der Waals surface area contributed by atoms with Gasteiger partial charge in [0.15, 0.2) is 11.5 Å². The molecule has 0 bridgehead atoms. The Kier molecular flexibility index (Phi) is 11.1. The average Bonchev–Trinajstić information content (AvgIpc) is 2.66. The van der Waals surface area contributed by atoms with Crippen LogP contribution in [0, 0.1) is 5.92 Å². The zero-order chi connectivity index (χ0) is 18.4. The van der Waals surface area contributed by atoms with E-state index in [2.05, 4.69) is 35.6 Å². The number of phenols is 2. The molecule has 2 aromatic carbocycles. The van der Waals surface area contributed by atoms with Crippen molar-refractivity contribution < 1.29 is 10.2 Å². The highest BCUT2D eigenvalue weighted by Crippen LogP contribution is 2.42. The summed E-state index contributed by atoms with van der Waals surface area (Å²) in [5.41, 5.74) is 9.63. The van der Waals surface area contributed by atoms with Crippen molar-refractivity contribution in [2.24, 2.45) is 11.7 Å². The number of hydrogen-bond donors (Lipinski definition) is 4. The van der Waals surface area contributed by atoms with Gasteiger partial charge in [0.2, 0.25) is 0 Å². The van der Waals surface area contributed by atoms with Gasteiger partial charge in [0.05, 0.1) is 0 Å². The molecule has 3 rings (SSSR count). The van der Waals surface area contributed by atoms with Crippen LogP contribution in [-0.4, -0.2) is 23.3 Å². The molecule has 28 heavy (non-hydrogen) atoms. The third kappa shape index (κ3) is 6.48. The summed E-state index contributed by atoms with van der Waals surface area (Å²) in [5.74, 6) is 0.422. The monoisotopic (exact) mass is 514 g/mol. The van der Waals surface area contributed by atoms with Gasteiger partial charge >= 0.3 is 0 Å². The molecule has 0 saturated carbocycles. The topological polar surface area (TPSA) is 78.5 Å². The summed E-state index contributed by atoms with van der Waals surface area (Å²) < 4.78 is 0. The number of nitrogens with two attached hydrogens (primary N) is 1. The molecule has 0 radical (unpaired) electrons. The summed E-state index contributed by atoms with van der Waals surface area (Å²) in [6.07, 6.45) is 6.28. The molecule has 2 unspecified atom stereocenters. The van der Waals surface area contributed by atoms with E-state index in [9.17, 15) is 10.2 Å². The van der Waals surface area contributed by atoms with E-state index in [1.54, 1.807) is 6.07 Å². The number of benzene rings is 2. The van der Waals surface area contributed by atoms with Crippen LogP contribution in [0.2, 0.25) is 0 Å². The van der Waals surface area contributed by atoms with Gasteiger partial charge in [-0.3, -0.25) is 0 Å². The fraction of sp³-hybridized carbons (Fsp3) is 0.455. The second-order valence-electron chi connectivity index (χ2n) is 7.31. The lowest BCUT2D eigenvalue weighted by molar-refractivity contribution is 0.331. The highest BCUT2D eigenvalue weighted by atomic mass is 79.9. The van der Waals surface area contributed by atoms with E-state index in [4.69, 9.17) is 5.73 Å². The first-order valence-corrected chi connectivity index (χ1v) is 9.70. The lowest BCUT2D eigenvalue weighted by Crippen LogP contribution is -2.27. The van der Waals surface area contributed by atoms with Crippen LogP contribution in [0.1, 0.15) is 48.4 Å². The Hall–Kier alpha value is -1.08. The van der Waals surface area contributed by atoms with Gasteiger partial charge in [-0.15, -0.1) is 34.0 Å². The van der Waals surface area contributed by atoms with Crippen LogP contribution in [0.25, 0.3) is 0 Å². The molecule has 2 aromatic rings. The quantitative estimate of drug-likeness (QED) is 0.300. The molecule has 0 spiro atoms. The minimum atomic E-state index is -0.0454. The molecular formula is C22H32Br2N2O2. The SMILES string of the molecule is Br.Br.NC1c2ccc(O)c(O)c2CCC1CCCCNCCc1ccccc1. The van der Waals surface area contributed by atoms with Crippen LogP contribution < -0.4 is 11.1 Å². The summed E-state index contributed by atoms with van der Waals surface area (Å²) in [4.78, 5) is 0. The van der Waals surface area contributed by atoms with Crippen molar-refractivity contribution in [3.8, 4) is 11.5 Å². The third-order valence-corrected chi connectivity index (χ3v) is 5.54. The average molecular weight is 516 g/mol. The van der Waals surface area contributed by atoms with Crippen LogP contribution in [0.5, 0.6) is 11.5 Å². The number of unbranched alkanes of at least 4 members (excludes halogenated alkanes) is 1. The van der Waals surface area contributed by atoms with E-state index in [0.717, 1.165) is 62.7 Å². The maximum absolute atomic E-state index is 10.0. The molecule has 1 aliphatic carbocycles. The highest BCUT2D eigenvalue weighted by Gasteiger charge is 2.28. The molecule has 0 aromatic heterocycles. The Labute approximate surface area is 189 Å². The molecule has 0 saturated heterocycles. The first-order chi connectivity index (χ1) is 12.7. The summed E-state index contributed by atoms with van der Waals surface area (Å²) in [5, 5.41) is 23.2. The smallest absolute Gasteiger partial charge is 0.161 e. The van der Waals surface area contributed by atoms with E-state index in [1.165, 1.54) is 5.56 Å². The Balaban J connectivity index is 0.00000196. The van der Waals surface area contributed by atoms with Crippen molar-refractivity contribution in [2.75, 3.05) is 13.1 Å². The summed E-state index contributed by atoms with van der Waals surface area (Å²) in [6, 6.07) is 13.9. The summed E-state index contributed by atoms with van der Waals surface area (Å²) in [7, 11) is 0. The van der Waals surface area contributed by atoms with E-state index in [-0.39, 0.29) is 51.5 Å². The Bertz CT molecular complexity index is 713. The normalized spacial score (nSPS) is 17.9. The van der Waals surface area contributed by atoms with Crippen LogP contribution in [0.3, 0.4) is 0 Å². The largest absolute Gasteiger partial charge is 0.504 e. The van der Waals surface area contributed by atoms with Crippen LogP contribution in [0.4, 0.5) is 0 Å². The fourth-order valence-corrected chi connectivity index (χ4v) is 3.96. The summed E-state index contributed by atoms with van der Waals surface area (Å²) >= 11 is 0. The maximum atomic E-state index is 10.0. The van der Waals surface area contributed by atoms with Crippen molar-refractivity contribution >= 4 is 34.0 Å². The Morgan fingerprint density at radius 1 is 0.964 bits per heavy atom. The third-order valence-electron chi connectivity index (χ3n) is 5.54. The van der Waals surface area contributed by atoms with E-state index in [0.29, 0.717) is 5.92 Å². The lowest BCUT2D eigenvalue weighted by Gasteiger charge is -2.31. The molecule has 4 nitrogen and oxygen atoms in total. The van der Waals surface area contributed by atoms with Crippen molar-refractivity contribution in [3.63, 3.8) is 0 Å². The predicted molar refractivity (Wildman–Crippen MR) is 126 cm³/mol. The number of fused-ring (bicyclic) bond motifs is 1. The zero-order valence-corrected chi connectivity index (χ0v) is 19.6. The van der Waals surface area contributed by atoms with Gasteiger partial charge in [-0.2, -0.15) is 0 Å². The van der Waals surface area contributed by atoms with Crippen molar-refractivity contribution in [2.45, 2.75) is 44.6 Å². The van der Waals surface area contributed by atoms with Crippen LogP contribution in [0.15, 0.2) is 42.5 Å². The van der Waals surface area contributed by atoms with Gasteiger partial charge in [0.1, 0.15) is 0 Å². The fourth-order valence-electron chi connectivity index (χ4n) is 3.96. The van der Waals surface area contributed by atoms with Gasteiger partial charge in [0, 0.05) is 11.6 Å². The van der Waals surface area contributed by atoms with Gasteiger partial charge in [-0.1, -0.05) is 42.8 Å². The minimum absolute atomic E-state index is 0. The number of rotatable bonds is 8. The second kappa shape index (κ2) is 12.5. The minimum Gasteiger partial charge on any atom is -0.504 e. The van der Waals surface area contributed by atoms with Gasteiger partial charge in [-0.25, -0.2) is 0 Å². The molecule has 0 heterocycles. The maximum Gasteiger partial charge on any atom is 0.161 e. The lowest BCUT2D eigenvalue weighted by atomic mass is 9.77. The van der Waals surface area contributed by atoms with Gasteiger partial charge in [-0.05, 0) is 68.3 Å². The molecule has 156 valence electrons. The molecule has 0 aliphatic heterocycles. The number of nitrogens with one attached hydrogen (secondary N) is 1. The molecular weight excluding hydrogens is 484 g/mol. The molecule has 6 heteroatoms. The standard InChI is InChI=1S/C22H30N2O2.2BrH/c23-21-17(9-10-19-18(21)11-12-20(25)22(19)26)8-4-5-14-24-15-13-16-6-2-1-3-7-16;;/h1-3,6-7,11-12,17,21,24-26H,4-5,8-10,13-15,23H2;2*1H. The predicted octanol–water partition coefficient (Wildman–Crippen LogP) is 4.82. The number of phenolic OH excluding ortho intramolecular Hbond substituents is 2. The Morgan fingerprint density at radius 2 is 1.71 bits per heavy atom. The Morgan fingerprint density at radius 3 is 2.46 bits per heavy atom. The zero-order valence-electron chi connectivity index (χ0n) is 16.1. The number of halogens is 2. The van der Waals surface area contributed by atoms with E-state index in [1.807, 2.05) is 6.07 Å². The van der Waals surface area contributed by atoms with Gasteiger partial charge in [0.25, 0.3) is 0 Å². The molecule has 0 amide bonds.